The standard InChI is InChI=1S/C22H24FN5O2/c23-19-8-6-18(7-9-19)22-25-21(30-26-22)16-28-12-10-27(11-13-28)15-20(29)24-14-17-4-2-1-3-5-17/h1-9H,10-16H2,(H,24,29). The van der Waals surface area contributed by atoms with Gasteiger partial charge in [-0.2, -0.15) is 4.98 Å². The Morgan fingerprint density at radius 1 is 1.00 bits per heavy atom. The predicted molar refractivity (Wildman–Crippen MR) is 110 cm³/mol. The zero-order chi connectivity index (χ0) is 20.8. The molecular formula is C22H24FN5O2. The van der Waals surface area contributed by atoms with Crippen LogP contribution in [0.3, 0.4) is 0 Å². The highest BCUT2D eigenvalue weighted by molar-refractivity contribution is 5.78. The fraction of sp³-hybridized carbons (Fsp3) is 0.318. The smallest absolute Gasteiger partial charge is 0.241 e. The molecule has 0 bridgehead atoms. The number of aromatic nitrogens is 2. The van der Waals surface area contributed by atoms with Gasteiger partial charge in [0.15, 0.2) is 0 Å². The Morgan fingerprint density at radius 3 is 2.43 bits per heavy atom. The summed E-state index contributed by atoms with van der Waals surface area (Å²) < 4.78 is 18.4. The number of carbonyl (C=O) groups is 1. The second kappa shape index (κ2) is 9.60. The fourth-order valence-corrected chi connectivity index (χ4v) is 3.39. The third-order valence-electron chi connectivity index (χ3n) is 5.09. The van der Waals surface area contributed by atoms with Crippen LogP contribution in [-0.2, 0) is 17.9 Å². The molecule has 3 aromatic rings. The van der Waals surface area contributed by atoms with E-state index in [0.717, 1.165) is 37.3 Å². The van der Waals surface area contributed by atoms with Crippen molar-refractivity contribution in [3.63, 3.8) is 0 Å². The van der Waals surface area contributed by atoms with Crippen LogP contribution in [0, 0.1) is 5.82 Å². The lowest BCUT2D eigenvalue weighted by molar-refractivity contribution is -0.122. The number of halogens is 1. The van der Waals surface area contributed by atoms with E-state index in [0.29, 0.717) is 31.3 Å². The zero-order valence-corrected chi connectivity index (χ0v) is 16.6. The van der Waals surface area contributed by atoms with E-state index in [9.17, 15) is 9.18 Å². The second-order valence-corrected chi connectivity index (χ2v) is 7.33. The number of nitrogens with one attached hydrogen (secondary N) is 1. The quantitative estimate of drug-likeness (QED) is 0.646. The number of rotatable bonds is 7. The van der Waals surface area contributed by atoms with E-state index in [4.69, 9.17) is 4.52 Å². The lowest BCUT2D eigenvalue weighted by Gasteiger charge is -2.33. The molecule has 1 fully saturated rings. The first-order valence-corrected chi connectivity index (χ1v) is 9.99. The minimum Gasteiger partial charge on any atom is -0.351 e. The lowest BCUT2D eigenvalue weighted by Crippen LogP contribution is -2.49. The molecule has 1 aromatic heterocycles. The minimum absolute atomic E-state index is 0.0353. The van der Waals surface area contributed by atoms with E-state index in [-0.39, 0.29) is 11.7 Å². The van der Waals surface area contributed by atoms with Crippen LogP contribution in [-0.4, -0.2) is 58.6 Å². The average Bonchev–Trinajstić information content (AvgIpc) is 3.23. The van der Waals surface area contributed by atoms with E-state index >= 15 is 0 Å². The highest BCUT2D eigenvalue weighted by atomic mass is 19.1. The molecule has 2 aromatic carbocycles. The molecule has 1 N–H and O–H groups in total. The first kappa shape index (κ1) is 20.2. The molecule has 4 rings (SSSR count). The summed E-state index contributed by atoms with van der Waals surface area (Å²) in [6.07, 6.45) is 0. The number of amides is 1. The molecule has 2 heterocycles. The van der Waals surface area contributed by atoms with Crippen LogP contribution < -0.4 is 5.32 Å². The van der Waals surface area contributed by atoms with Crippen molar-refractivity contribution < 1.29 is 13.7 Å². The molecular weight excluding hydrogens is 385 g/mol. The van der Waals surface area contributed by atoms with Gasteiger partial charge in [-0.3, -0.25) is 14.6 Å². The molecule has 0 unspecified atom stereocenters. The summed E-state index contributed by atoms with van der Waals surface area (Å²) >= 11 is 0. The summed E-state index contributed by atoms with van der Waals surface area (Å²) in [5.74, 6) is 0.726. The lowest BCUT2D eigenvalue weighted by atomic mass is 10.2. The largest absolute Gasteiger partial charge is 0.351 e. The highest BCUT2D eigenvalue weighted by Gasteiger charge is 2.21. The number of nitrogens with zero attached hydrogens (tertiary/aromatic N) is 4. The third kappa shape index (κ3) is 5.49. The second-order valence-electron chi connectivity index (χ2n) is 7.33. The normalized spacial score (nSPS) is 15.2. The van der Waals surface area contributed by atoms with Crippen molar-refractivity contribution in [2.24, 2.45) is 0 Å². The van der Waals surface area contributed by atoms with Crippen molar-refractivity contribution in [1.29, 1.82) is 0 Å². The van der Waals surface area contributed by atoms with Gasteiger partial charge in [-0.1, -0.05) is 35.5 Å². The van der Waals surface area contributed by atoms with Crippen LogP contribution in [0.2, 0.25) is 0 Å². The molecule has 7 nitrogen and oxygen atoms in total. The number of hydrogen-bond acceptors (Lipinski definition) is 6. The molecule has 1 aliphatic heterocycles. The Bertz CT molecular complexity index is 953. The van der Waals surface area contributed by atoms with Gasteiger partial charge in [-0.15, -0.1) is 0 Å². The van der Waals surface area contributed by atoms with Gasteiger partial charge in [-0.05, 0) is 29.8 Å². The SMILES string of the molecule is O=C(CN1CCN(Cc2nc(-c3ccc(F)cc3)no2)CC1)NCc1ccccc1. The molecule has 1 saturated heterocycles. The van der Waals surface area contributed by atoms with Gasteiger partial charge in [0.2, 0.25) is 17.6 Å². The van der Waals surface area contributed by atoms with Crippen molar-refractivity contribution in [2.45, 2.75) is 13.1 Å². The van der Waals surface area contributed by atoms with Gasteiger partial charge in [0.1, 0.15) is 5.82 Å². The van der Waals surface area contributed by atoms with Gasteiger partial charge < -0.3 is 9.84 Å². The number of carbonyl (C=O) groups excluding carboxylic acids is 1. The Hall–Kier alpha value is -3.10. The van der Waals surface area contributed by atoms with Gasteiger partial charge in [-0.25, -0.2) is 4.39 Å². The Labute approximate surface area is 174 Å². The van der Waals surface area contributed by atoms with E-state index < -0.39 is 0 Å². The van der Waals surface area contributed by atoms with E-state index in [1.54, 1.807) is 12.1 Å². The maximum absolute atomic E-state index is 13.0. The molecule has 0 aliphatic carbocycles. The maximum atomic E-state index is 13.0. The molecule has 30 heavy (non-hydrogen) atoms. The van der Waals surface area contributed by atoms with Gasteiger partial charge in [0.05, 0.1) is 13.1 Å². The molecule has 156 valence electrons. The number of hydrogen-bond donors (Lipinski definition) is 1. The Kier molecular flexibility index (Phi) is 6.46. The summed E-state index contributed by atoms with van der Waals surface area (Å²) in [6, 6.07) is 15.9. The van der Waals surface area contributed by atoms with E-state index in [1.807, 2.05) is 30.3 Å². The monoisotopic (exact) mass is 409 g/mol. The van der Waals surface area contributed by atoms with E-state index in [1.165, 1.54) is 12.1 Å². The van der Waals surface area contributed by atoms with Crippen LogP contribution in [0.1, 0.15) is 11.5 Å². The van der Waals surface area contributed by atoms with Gasteiger partial charge in [0, 0.05) is 38.3 Å². The topological polar surface area (TPSA) is 74.5 Å². The van der Waals surface area contributed by atoms with Crippen molar-refractivity contribution in [3.8, 4) is 11.4 Å². The third-order valence-corrected chi connectivity index (χ3v) is 5.09. The summed E-state index contributed by atoms with van der Waals surface area (Å²) in [4.78, 5) is 21.0. The van der Waals surface area contributed by atoms with E-state index in [2.05, 4.69) is 25.3 Å². The molecule has 0 atom stereocenters. The first-order valence-electron chi connectivity index (χ1n) is 9.99. The van der Waals surface area contributed by atoms with Crippen LogP contribution in [0.5, 0.6) is 0 Å². The minimum atomic E-state index is -0.297. The molecule has 8 heteroatoms. The summed E-state index contributed by atoms with van der Waals surface area (Å²) in [5, 5.41) is 6.95. The Balaban J connectivity index is 1.20. The highest BCUT2D eigenvalue weighted by Crippen LogP contribution is 2.17. The zero-order valence-electron chi connectivity index (χ0n) is 16.6. The van der Waals surface area contributed by atoms with Gasteiger partial charge >= 0.3 is 0 Å². The molecule has 1 amide bonds. The predicted octanol–water partition coefficient (Wildman–Crippen LogP) is 2.31. The van der Waals surface area contributed by atoms with Crippen LogP contribution in [0.4, 0.5) is 4.39 Å². The number of piperazine rings is 1. The number of benzene rings is 2. The average molecular weight is 409 g/mol. The molecule has 0 spiro atoms. The fourth-order valence-electron chi connectivity index (χ4n) is 3.39. The van der Waals surface area contributed by atoms with Crippen LogP contribution in [0.25, 0.3) is 11.4 Å². The van der Waals surface area contributed by atoms with Crippen molar-refractivity contribution in [2.75, 3.05) is 32.7 Å². The Morgan fingerprint density at radius 2 is 1.70 bits per heavy atom. The summed E-state index contributed by atoms with van der Waals surface area (Å²) in [5.41, 5.74) is 1.81. The first-order chi connectivity index (χ1) is 14.7. The van der Waals surface area contributed by atoms with Crippen molar-refractivity contribution in [3.05, 3.63) is 71.9 Å². The molecule has 1 aliphatic rings. The van der Waals surface area contributed by atoms with Crippen LogP contribution >= 0.6 is 0 Å². The van der Waals surface area contributed by atoms with Gasteiger partial charge in [0.25, 0.3) is 0 Å². The van der Waals surface area contributed by atoms with Crippen molar-refractivity contribution >= 4 is 5.91 Å². The molecule has 0 radical (unpaired) electrons. The summed E-state index contributed by atoms with van der Waals surface area (Å²) in [6.45, 7) is 4.75. The van der Waals surface area contributed by atoms with Crippen molar-refractivity contribution in [1.82, 2.24) is 25.3 Å². The van der Waals surface area contributed by atoms with Crippen LogP contribution in [0.15, 0.2) is 59.1 Å². The maximum Gasteiger partial charge on any atom is 0.241 e. The molecule has 0 saturated carbocycles. The summed E-state index contributed by atoms with van der Waals surface area (Å²) in [7, 11) is 0.